The van der Waals surface area contributed by atoms with Gasteiger partial charge in [-0.3, -0.25) is 9.69 Å². The zero-order valence-corrected chi connectivity index (χ0v) is 16.6. The molecule has 0 aromatic heterocycles. The third kappa shape index (κ3) is 3.15. The highest BCUT2D eigenvalue weighted by Gasteiger charge is 2.55. The Morgan fingerprint density at radius 3 is 1.93 bits per heavy atom. The Balaban J connectivity index is 1.73. The van der Waals surface area contributed by atoms with Crippen LogP contribution in [0.3, 0.4) is 0 Å². The molecular weight excluding hydrogens is 421 g/mol. The summed E-state index contributed by atoms with van der Waals surface area (Å²) in [5, 5.41) is 10.0. The van der Waals surface area contributed by atoms with Crippen LogP contribution in [-0.2, 0) is 10.2 Å². The molecule has 3 nitrogen and oxygen atoms in total. The van der Waals surface area contributed by atoms with Crippen molar-refractivity contribution in [2.24, 2.45) is 0 Å². The quantitative estimate of drug-likeness (QED) is 0.606. The van der Waals surface area contributed by atoms with Gasteiger partial charge in [-0.05, 0) is 23.3 Å². The summed E-state index contributed by atoms with van der Waals surface area (Å²) in [6.45, 7) is 0.465. The van der Waals surface area contributed by atoms with Crippen LogP contribution in [0.5, 0.6) is 0 Å². The zero-order valence-electron chi connectivity index (χ0n) is 15.1. The highest BCUT2D eigenvalue weighted by atomic mass is 79.9. The number of nitrogens with zero attached hydrogens (tertiary/aromatic N) is 1. The largest absolute Gasteiger partial charge is 0.481 e. The summed E-state index contributed by atoms with van der Waals surface area (Å²) in [7, 11) is 0. The first kappa shape index (κ1) is 18.8. The van der Waals surface area contributed by atoms with E-state index in [0.29, 0.717) is 4.47 Å². The second kappa shape index (κ2) is 7.49. The van der Waals surface area contributed by atoms with Crippen molar-refractivity contribution in [3.05, 3.63) is 106 Å². The minimum absolute atomic E-state index is 0.0829. The van der Waals surface area contributed by atoms with Gasteiger partial charge in [0.05, 0.1) is 6.04 Å². The number of hydrogen-bond donors (Lipinski definition) is 1. The predicted octanol–water partition coefficient (Wildman–Crippen LogP) is 5.02. The van der Waals surface area contributed by atoms with Gasteiger partial charge in [0.1, 0.15) is 11.2 Å². The second-order valence-electron chi connectivity index (χ2n) is 7.11. The molecule has 142 valence electrons. The third-order valence-corrected chi connectivity index (χ3v) is 6.05. The molecular formula is C23H19BrFNO2. The van der Waals surface area contributed by atoms with Crippen molar-refractivity contribution < 1.29 is 14.3 Å². The van der Waals surface area contributed by atoms with Crippen molar-refractivity contribution in [1.29, 1.82) is 0 Å². The summed E-state index contributed by atoms with van der Waals surface area (Å²) in [4.78, 5) is 14.3. The van der Waals surface area contributed by atoms with Crippen LogP contribution in [0.25, 0.3) is 0 Å². The Kier molecular flexibility index (Phi) is 5.04. The van der Waals surface area contributed by atoms with Crippen LogP contribution in [0.1, 0.15) is 22.7 Å². The van der Waals surface area contributed by atoms with E-state index in [9.17, 15) is 14.3 Å². The van der Waals surface area contributed by atoms with E-state index in [1.54, 1.807) is 12.1 Å². The topological polar surface area (TPSA) is 40.5 Å². The first-order chi connectivity index (χ1) is 13.5. The Labute approximate surface area is 171 Å². The molecule has 3 aromatic rings. The number of halogens is 2. The number of carbonyl (C=O) groups is 1. The molecule has 0 amide bonds. The summed E-state index contributed by atoms with van der Waals surface area (Å²) < 4.78 is 15.1. The van der Waals surface area contributed by atoms with Crippen molar-refractivity contribution in [3.63, 3.8) is 0 Å². The van der Waals surface area contributed by atoms with Crippen molar-refractivity contribution in [2.75, 3.05) is 13.1 Å². The van der Waals surface area contributed by atoms with Gasteiger partial charge < -0.3 is 5.11 Å². The van der Waals surface area contributed by atoms with Crippen LogP contribution in [-0.4, -0.2) is 29.1 Å². The van der Waals surface area contributed by atoms with Gasteiger partial charge in [0.2, 0.25) is 0 Å². The first-order valence-corrected chi connectivity index (χ1v) is 9.84. The minimum atomic E-state index is -1.27. The lowest BCUT2D eigenvalue weighted by Crippen LogP contribution is -2.64. The smallest absolute Gasteiger partial charge is 0.316 e. The average molecular weight is 440 g/mol. The van der Waals surface area contributed by atoms with Crippen LogP contribution in [0.2, 0.25) is 0 Å². The number of hydrogen-bond acceptors (Lipinski definition) is 2. The minimum Gasteiger partial charge on any atom is -0.481 e. The molecule has 0 bridgehead atoms. The molecule has 28 heavy (non-hydrogen) atoms. The summed E-state index contributed by atoms with van der Waals surface area (Å²) in [5.74, 6) is -1.50. The van der Waals surface area contributed by atoms with Gasteiger partial charge in [0.15, 0.2) is 0 Å². The summed E-state index contributed by atoms with van der Waals surface area (Å²) in [5.41, 5.74) is 1.12. The van der Waals surface area contributed by atoms with Crippen molar-refractivity contribution >= 4 is 21.9 Å². The molecule has 4 rings (SSSR count). The number of likely N-dealkylation sites (tertiary alicyclic amines) is 1. The van der Waals surface area contributed by atoms with Gasteiger partial charge in [0.25, 0.3) is 0 Å². The monoisotopic (exact) mass is 439 g/mol. The second-order valence-corrected chi connectivity index (χ2v) is 7.97. The lowest BCUT2D eigenvalue weighted by molar-refractivity contribution is -0.152. The van der Waals surface area contributed by atoms with E-state index in [0.717, 1.165) is 11.1 Å². The number of benzene rings is 3. The SMILES string of the molecule is O=C(O)C1(c2c(F)cccc2Br)CN(C(c2ccccc2)c2ccccc2)C1. The van der Waals surface area contributed by atoms with E-state index in [4.69, 9.17) is 0 Å². The predicted molar refractivity (Wildman–Crippen MR) is 110 cm³/mol. The fourth-order valence-electron chi connectivity index (χ4n) is 4.07. The van der Waals surface area contributed by atoms with Crippen molar-refractivity contribution in [1.82, 2.24) is 4.90 Å². The van der Waals surface area contributed by atoms with E-state index >= 15 is 0 Å². The standard InChI is InChI=1S/C23H19BrFNO2/c24-18-12-7-13-19(25)20(18)23(22(27)28)14-26(15-23)21(16-8-3-1-4-9-16)17-10-5-2-6-11-17/h1-13,21H,14-15H2,(H,27,28). The summed E-state index contributed by atoms with van der Waals surface area (Å²) >= 11 is 3.35. The molecule has 1 heterocycles. The molecule has 0 radical (unpaired) electrons. The van der Waals surface area contributed by atoms with E-state index in [2.05, 4.69) is 20.8 Å². The molecule has 3 aromatic carbocycles. The molecule has 5 heteroatoms. The van der Waals surface area contributed by atoms with E-state index in [-0.39, 0.29) is 24.7 Å². The fraction of sp³-hybridized carbons (Fsp3) is 0.174. The Morgan fingerprint density at radius 1 is 0.929 bits per heavy atom. The molecule has 0 aliphatic carbocycles. The third-order valence-electron chi connectivity index (χ3n) is 5.39. The summed E-state index contributed by atoms with van der Waals surface area (Å²) in [6, 6.07) is 24.5. The summed E-state index contributed by atoms with van der Waals surface area (Å²) in [6.07, 6.45) is 0. The van der Waals surface area contributed by atoms with E-state index < -0.39 is 17.2 Å². The number of aliphatic carboxylic acids is 1. The van der Waals surface area contributed by atoms with Gasteiger partial charge in [-0.15, -0.1) is 0 Å². The number of carboxylic acid groups (broad SMARTS) is 1. The highest BCUT2D eigenvalue weighted by molar-refractivity contribution is 9.10. The van der Waals surface area contributed by atoms with Crippen molar-refractivity contribution in [3.8, 4) is 0 Å². The Bertz CT molecular complexity index is 928. The molecule has 1 N–H and O–H groups in total. The normalized spacial score (nSPS) is 16.0. The Morgan fingerprint density at radius 2 is 1.46 bits per heavy atom. The molecule has 0 unspecified atom stereocenters. The zero-order chi connectivity index (χ0) is 19.7. The van der Waals surface area contributed by atoms with Crippen LogP contribution in [0, 0.1) is 5.82 Å². The highest BCUT2D eigenvalue weighted by Crippen LogP contribution is 2.45. The maximum absolute atomic E-state index is 14.6. The molecule has 1 saturated heterocycles. The van der Waals surface area contributed by atoms with Gasteiger partial charge in [-0.1, -0.05) is 82.7 Å². The van der Waals surface area contributed by atoms with E-state index in [1.165, 1.54) is 6.07 Å². The van der Waals surface area contributed by atoms with Crippen LogP contribution in [0.4, 0.5) is 4.39 Å². The van der Waals surface area contributed by atoms with Gasteiger partial charge >= 0.3 is 5.97 Å². The maximum Gasteiger partial charge on any atom is 0.316 e. The number of rotatable bonds is 5. The van der Waals surface area contributed by atoms with Crippen molar-refractivity contribution in [2.45, 2.75) is 11.5 Å². The molecule has 0 spiro atoms. The van der Waals surface area contributed by atoms with Crippen LogP contribution in [0.15, 0.2) is 83.3 Å². The van der Waals surface area contributed by atoms with Crippen LogP contribution < -0.4 is 0 Å². The van der Waals surface area contributed by atoms with Gasteiger partial charge in [-0.2, -0.15) is 0 Å². The van der Waals surface area contributed by atoms with Crippen LogP contribution >= 0.6 is 15.9 Å². The van der Waals surface area contributed by atoms with Gasteiger partial charge in [0, 0.05) is 23.1 Å². The molecule has 0 atom stereocenters. The maximum atomic E-state index is 14.6. The molecule has 1 aliphatic heterocycles. The number of carboxylic acids is 1. The molecule has 0 saturated carbocycles. The molecule has 1 fully saturated rings. The Hall–Kier alpha value is -2.50. The van der Waals surface area contributed by atoms with Gasteiger partial charge in [-0.25, -0.2) is 4.39 Å². The lowest BCUT2D eigenvalue weighted by atomic mass is 9.71. The first-order valence-electron chi connectivity index (χ1n) is 9.05. The lowest BCUT2D eigenvalue weighted by Gasteiger charge is -2.51. The average Bonchev–Trinajstić information content (AvgIpc) is 2.66. The fourth-order valence-corrected chi connectivity index (χ4v) is 4.79. The molecule has 1 aliphatic rings. The van der Waals surface area contributed by atoms with E-state index in [1.807, 2.05) is 60.7 Å².